The van der Waals surface area contributed by atoms with Crippen LogP contribution in [0.1, 0.15) is 19.4 Å². The van der Waals surface area contributed by atoms with Crippen molar-refractivity contribution in [1.29, 1.82) is 0 Å². The lowest BCUT2D eigenvalue weighted by molar-refractivity contribution is 0.0102. The highest BCUT2D eigenvalue weighted by atomic mass is 35.5. The van der Waals surface area contributed by atoms with Gasteiger partial charge >= 0.3 is 0 Å². The molecule has 1 fully saturated rings. The van der Waals surface area contributed by atoms with Crippen molar-refractivity contribution in [3.05, 3.63) is 23.8 Å². The van der Waals surface area contributed by atoms with Crippen LogP contribution in [0.25, 0.3) is 0 Å². The summed E-state index contributed by atoms with van der Waals surface area (Å²) < 4.78 is 37.6. The fourth-order valence-corrected chi connectivity index (χ4v) is 4.03. The molecule has 1 aromatic carbocycles. The first-order valence-electron chi connectivity index (χ1n) is 6.92. The maximum absolute atomic E-state index is 12.7. The van der Waals surface area contributed by atoms with E-state index in [2.05, 4.69) is 0 Å². The number of sulfonamides is 1. The van der Waals surface area contributed by atoms with Gasteiger partial charge in [0.15, 0.2) is 0 Å². The first-order chi connectivity index (χ1) is 9.98. The molecule has 0 N–H and O–H groups in total. The molecule has 1 saturated heterocycles. The number of halogens is 1. The van der Waals surface area contributed by atoms with Crippen molar-refractivity contribution in [2.24, 2.45) is 0 Å². The van der Waals surface area contributed by atoms with E-state index in [4.69, 9.17) is 21.1 Å². The minimum Gasteiger partial charge on any atom is -0.494 e. The van der Waals surface area contributed by atoms with Crippen LogP contribution in [-0.2, 0) is 20.6 Å². The molecule has 0 spiro atoms. The standard InChI is InChI=1S/C14H20ClNO4S/c1-3-19-14-5-4-13(8-12(14)9-15)21(17,18)16-6-7-20-11(2)10-16/h4-5,8,11H,3,6-7,9-10H2,1-2H3. The van der Waals surface area contributed by atoms with E-state index in [0.29, 0.717) is 37.6 Å². The number of hydrogen-bond donors (Lipinski definition) is 0. The molecule has 21 heavy (non-hydrogen) atoms. The first kappa shape index (κ1) is 16.5. The highest BCUT2D eigenvalue weighted by molar-refractivity contribution is 7.89. The third-order valence-corrected chi connectivity index (χ3v) is 5.47. The van der Waals surface area contributed by atoms with Crippen LogP contribution < -0.4 is 4.74 Å². The van der Waals surface area contributed by atoms with Crippen molar-refractivity contribution in [3.63, 3.8) is 0 Å². The van der Waals surface area contributed by atoms with Crippen molar-refractivity contribution >= 4 is 21.6 Å². The highest BCUT2D eigenvalue weighted by Gasteiger charge is 2.29. The molecule has 1 atom stereocenters. The van der Waals surface area contributed by atoms with Gasteiger partial charge in [0.25, 0.3) is 0 Å². The van der Waals surface area contributed by atoms with Gasteiger partial charge in [-0.3, -0.25) is 0 Å². The van der Waals surface area contributed by atoms with E-state index in [9.17, 15) is 8.42 Å². The molecule has 1 aromatic rings. The maximum Gasteiger partial charge on any atom is 0.243 e. The number of alkyl halides is 1. The third kappa shape index (κ3) is 3.69. The second-order valence-electron chi connectivity index (χ2n) is 4.88. The molecule has 5 nitrogen and oxygen atoms in total. The summed E-state index contributed by atoms with van der Waals surface area (Å²) in [6, 6.07) is 4.82. The molecule has 0 amide bonds. The Morgan fingerprint density at radius 3 is 2.86 bits per heavy atom. The van der Waals surface area contributed by atoms with E-state index in [-0.39, 0.29) is 16.9 Å². The van der Waals surface area contributed by atoms with Crippen LogP contribution >= 0.6 is 11.6 Å². The van der Waals surface area contributed by atoms with Gasteiger partial charge < -0.3 is 9.47 Å². The van der Waals surface area contributed by atoms with Gasteiger partial charge in [-0.1, -0.05) is 0 Å². The van der Waals surface area contributed by atoms with Gasteiger partial charge in [-0.15, -0.1) is 11.6 Å². The molecular weight excluding hydrogens is 314 g/mol. The third-order valence-electron chi connectivity index (χ3n) is 3.32. The smallest absolute Gasteiger partial charge is 0.243 e. The van der Waals surface area contributed by atoms with E-state index in [0.717, 1.165) is 0 Å². The van der Waals surface area contributed by atoms with Crippen LogP contribution in [0.2, 0.25) is 0 Å². The van der Waals surface area contributed by atoms with E-state index < -0.39 is 10.0 Å². The first-order valence-corrected chi connectivity index (χ1v) is 8.90. The minimum atomic E-state index is -3.52. The van der Waals surface area contributed by atoms with Gasteiger partial charge in [0.05, 0.1) is 30.1 Å². The quantitative estimate of drug-likeness (QED) is 0.775. The second-order valence-corrected chi connectivity index (χ2v) is 7.09. The number of morpholine rings is 1. The molecule has 0 bridgehead atoms. The maximum atomic E-state index is 12.7. The van der Waals surface area contributed by atoms with Gasteiger partial charge in [0.1, 0.15) is 5.75 Å². The highest BCUT2D eigenvalue weighted by Crippen LogP contribution is 2.27. The number of rotatable bonds is 5. The fourth-order valence-electron chi connectivity index (χ4n) is 2.27. The Kier molecular flexibility index (Phi) is 5.48. The summed E-state index contributed by atoms with van der Waals surface area (Å²) in [6.07, 6.45) is -0.0938. The zero-order chi connectivity index (χ0) is 15.5. The fraction of sp³-hybridized carbons (Fsp3) is 0.571. The van der Waals surface area contributed by atoms with E-state index in [1.54, 1.807) is 18.2 Å². The molecule has 0 saturated carbocycles. The lowest BCUT2D eigenvalue weighted by Crippen LogP contribution is -2.44. The Hall–Kier alpha value is -0.820. The van der Waals surface area contributed by atoms with Crippen molar-refractivity contribution in [3.8, 4) is 5.75 Å². The van der Waals surface area contributed by atoms with E-state index in [1.807, 2.05) is 13.8 Å². The number of benzene rings is 1. The van der Waals surface area contributed by atoms with Crippen LogP contribution in [-0.4, -0.2) is 45.1 Å². The number of nitrogens with zero attached hydrogens (tertiary/aromatic N) is 1. The predicted octanol–water partition coefficient (Wildman–Crippen LogP) is 2.23. The molecule has 1 heterocycles. The normalized spacial score (nSPS) is 20.4. The molecule has 118 valence electrons. The predicted molar refractivity (Wildman–Crippen MR) is 81.3 cm³/mol. The van der Waals surface area contributed by atoms with Crippen LogP contribution in [0.15, 0.2) is 23.1 Å². The van der Waals surface area contributed by atoms with Crippen LogP contribution in [0, 0.1) is 0 Å². The SMILES string of the molecule is CCOc1ccc(S(=O)(=O)N2CCOC(C)C2)cc1CCl. The van der Waals surface area contributed by atoms with Gasteiger partial charge in [-0.2, -0.15) is 4.31 Å². The Morgan fingerprint density at radius 2 is 2.24 bits per heavy atom. The monoisotopic (exact) mass is 333 g/mol. The van der Waals surface area contributed by atoms with Gasteiger partial charge in [0, 0.05) is 18.7 Å². The summed E-state index contributed by atoms with van der Waals surface area (Å²) in [5, 5.41) is 0. The lowest BCUT2D eigenvalue weighted by Gasteiger charge is -2.30. The Morgan fingerprint density at radius 1 is 1.48 bits per heavy atom. The van der Waals surface area contributed by atoms with Crippen molar-refractivity contribution in [1.82, 2.24) is 4.31 Å². The Bertz CT molecular complexity index is 591. The van der Waals surface area contributed by atoms with Gasteiger partial charge in [-0.05, 0) is 32.0 Å². The van der Waals surface area contributed by atoms with Crippen molar-refractivity contribution in [2.45, 2.75) is 30.7 Å². The zero-order valence-corrected chi connectivity index (χ0v) is 13.8. The zero-order valence-electron chi connectivity index (χ0n) is 12.2. The summed E-state index contributed by atoms with van der Waals surface area (Å²) in [5.41, 5.74) is 0.681. The number of hydrogen-bond acceptors (Lipinski definition) is 4. The van der Waals surface area contributed by atoms with Crippen molar-refractivity contribution in [2.75, 3.05) is 26.3 Å². The molecule has 1 aliphatic rings. The van der Waals surface area contributed by atoms with E-state index in [1.165, 1.54) is 4.31 Å². The average Bonchev–Trinajstić information content (AvgIpc) is 2.47. The molecule has 7 heteroatoms. The molecular formula is C14H20ClNO4S. The summed E-state index contributed by atoms with van der Waals surface area (Å²) in [7, 11) is -3.52. The molecule has 0 radical (unpaired) electrons. The summed E-state index contributed by atoms with van der Waals surface area (Å²) >= 11 is 5.89. The summed E-state index contributed by atoms with van der Waals surface area (Å²) in [5.74, 6) is 0.833. The lowest BCUT2D eigenvalue weighted by atomic mass is 10.2. The van der Waals surface area contributed by atoms with Crippen molar-refractivity contribution < 1.29 is 17.9 Å². The second kappa shape index (κ2) is 6.96. The molecule has 2 rings (SSSR count). The molecule has 0 aliphatic carbocycles. The van der Waals surface area contributed by atoms with Gasteiger partial charge in [0.2, 0.25) is 10.0 Å². The Balaban J connectivity index is 2.31. The average molecular weight is 334 g/mol. The van der Waals surface area contributed by atoms with Crippen LogP contribution in [0.5, 0.6) is 5.75 Å². The summed E-state index contributed by atoms with van der Waals surface area (Å²) in [6.45, 7) is 5.40. The van der Waals surface area contributed by atoms with Crippen LogP contribution in [0.4, 0.5) is 0 Å². The minimum absolute atomic E-state index is 0.0938. The number of ether oxygens (including phenoxy) is 2. The topological polar surface area (TPSA) is 55.8 Å². The molecule has 1 aliphatic heterocycles. The summed E-state index contributed by atoms with van der Waals surface area (Å²) in [4.78, 5) is 0.246. The Labute approximate surface area is 130 Å². The van der Waals surface area contributed by atoms with Crippen LogP contribution in [0.3, 0.4) is 0 Å². The largest absolute Gasteiger partial charge is 0.494 e. The van der Waals surface area contributed by atoms with Gasteiger partial charge in [-0.25, -0.2) is 8.42 Å². The van der Waals surface area contributed by atoms with E-state index >= 15 is 0 Å². The molecule has 0 aromatic heterocycles. The molecule has 1 unspecified atom stereocenters.